The number of hydrogen-bond acceptors (Lipinski definition) is 5. The van der Waals surface area contributed by atoms with Crippen LogP contribution in [-0.4, -0.2) is 43.3 Å². The molecule has 0 radical (unpaired) electrons. The van der Waals surface area contributed by atoms with Crippen molar-refractivity contribution >= 4 is 33.2 Å². The van der Waals surface area contributed by atoms with Crippen molar-refractivity contribution < 1.29 is 22.8 Å². The van der Waals surface area contributed by atoms with Crippen LogP contribution < -0.4 is 5.32 Å². The number of amides is 1. The van der Waals surface area contributed by atoms with E-state index in [9.17, 15) is 22.8 Å². The van der Waals surface area contributed by atoms with E-state index in [-0.39, 0.29) is 27.6 Å². The van der Waals surface area contributed by atoms with E-state index >= 15 is 0 Å². The molecule has 3 aromatic rings. The first-order valence-corrected chi connectivity index (χ1v) is 12.9. The standard InChI is InChI=1S/C27H24N2O5S/c1-17-12-14-29(15-13-17)35(33,34)20-9-6-18(7-10-20)27(32)28-19-8-11-23-24(16-19)26(31)22-5-3-2-4-21(22)25(23)30/h2-11,16-17H,12-15H2,1H3,(H,28,32). The Morgan fingerprint density at radius 1 is 0.829 bits per heavy atom. The number of anilines is 1. The molecule has 3 aromatic carbocycles. The molecule has 1 N–H and O–H groups in total. The Bertz CT molecular complexity index is 1450. The molecule has 0 saturated carbocycles. The van der Waals surface area contributed by atoms with Crippen molar-refractivity contribution in [3.63, 3.8) is 0 Å². The molecular formula is C27H24N2O5S. The van der Waals surface area contributed by atoms with Gasteiger partial charge in [-0.25, -0.2) is 8.42 Å². The lowest BCUT2D eigenvalue weighted by atomic mass is 9.84. The molecular weight excluding hydrogens is 464 g/mol. The van der Waals surface area contributed by atoms with Gasteiger partial charge >= 0.3 is 0 Å². The molecule has 2 aliphatic rings. The summed E-state index contributed by atoms with van der Waals surface area (Å²) in [5.74, 6) is -0.434. The van der Waals surface area contributed by atoms with Crippen molar-refractivity contribution in [3.8, 4) is 0 Å². The van der Waals surface area contributed by atoms with E-state index in [0.717, 1.165) is 12.8 Å². The van der Waals surface area contributed by atoms with E-state index in [1.165, 1.54) is 40.7 Å². The average molecular weight is 489 g/mol. The Balaban J connectivity index is 1.33. The van der Waals surface area contributed by atoms with Crippen LogP contribution in [0.4, 0.5) is 5.69 Å². The molecule has 1 aliphatic carbocycles. The maximum Gasteiger partial charge on any atom is 0.255 e. The van der Waals surface area contributed by atoms with Crippen molar-refractivity contribution in [3.05, 3.63) is 94.5 Å². The van der Waals surface area contributed by atoms with E-state index in [1.54, 1.807) is 30.3 Å². The zero-order chi connectivity index (χ0) is 24.7. The van der Waals surface area contributed by atoms with Crippen molar-refractivity contribution in [1.29, 1.82) is 0 Å². The molecule has 1 aliphatic heterocycles. The molecule has 1 saturated heterocycles. The highest BCUT2D eigenvalue weighted by Gasteiger charge is 2.30. The van der Waals surface area contributed by atoms with Crippen LogP contribution in [0, 0.1) is 5.92 Å². The Morgan fingerprint density at radius 3 is 2.03 bits per heavy atom. The Labute approximate surface area is 203 Å². The van der Waals surface area contributed by atoms with Crippen LogP contribution in [0.1, 0.15) is 62.0 Å². The molecule has 7 nitrogen and oxygen atoms in total. The van der Waals surface area contributed by atoms with E-state index in [4.69, 9.17) is 0 Å². The highest BCUT2D eigenvalue weighted by Crippen LogP contribution is 2.29. The monoisotopic (exact) mass is 488 g/mol. The highest BCUT2D eigenvalue weighted by atomic mass is 32.2. The predicted octanol–water partition coefficient (Wildman–Crippen LogP) is 4.13. The number of carbonyl (C=O) groups excluding carboxylic acids is 3. The summed E-state index contributed by atoms with van der Waals surface area (Å²) in [6.07, 6.45) is 1.67. The molecule has 35 heavy (non-hydrogen) atoms. The van der Waals surface area contributed by atoms with E-state index in [0.29, 0.717) is 41.4 Å². The van der Waals surface area contributed by atoms with Gasteiger partial charge in [-0.1, -0.05) is 31.2 Å². The van der Waals surface area contributed by atoms with Crippen LogP contribution in [0.5, 0.6) is 0 Å². The fourth-order valence-electron chi connectivity index (χ4n) is 4.53. The number of carbonyl (C=O) groups is 3. The summed E-state index contributed by atoms with van der Waals surface area (Å²) in [7, 11) is -3.60. The van der Waals surface area contributed by atoms with E-state index in [1.807, 2.05) is 0 Å². The first kappa shape index (κ1) is 23.1. The van der Waals surface area contributed by atoms with Gasteiger partial charge in [-0.2, -0.15) is 4.31 Å². The molecule has 0 unspecified atom stereocenters. The van der Waals surface area contributed by atoms with Gasteiger partial charge in [-0.05, 0) is 61.2 Å². The summed E-state index contributed by atoms with van der Waals surface area (Å²) in [6, 6.07) is 17.1. The second-order valence-electron chi connectivity index (χ2n) is 9.03. The van der Waals surface area contributed by atoms with Crippen molar-refractivity contribution in [1.82, 2.24) is 4.31 Å². The average Bonchev–Trinajstić information content (AvgIpc) is 2.87. The fourth-order valence-corrected chi connectivity index (χ4v) is 6.00. The van der Waals surface area contributed by atoms with Crippen molar-refractivity contribution in [2.24, 2.45) is 5.92 Å². The quantitative estimate of drug-likeness (QED) is 0.465. The number of ketones is 2. The Morgan fingerprint density at radius 2 is 1.40 bits per heavy atom. The third-order valence-corrected chi connectivity index (χ3v) is 8.59. The number of fused-ring (bicyclic) bond motifs is 2. The van der Waals surface area contributed by atoms with Gasteiger partial charge in [0.1, 0.15) is 0 Å². The normalized spacial score (nSPS) is 16.5. The second-order valence-corrected chi connectivity index (χ2v) is 11.0. The van der Waals surface area contributed by atoms with Gasteiger partial charge in [0.25, 0.3) is 5.91 Å². The molecule has 1 fully saturated rings. The summed E-state index contributed by atoms with van der Waals surface area (Å²) < 4.78 is 27.3. The topological polar surface area (TPSA) is 101 Å². The largest absolute Gasteiger partial charge is 0.322 e. The molecule has 0 aromatic heterocycles. The van der Waals surface area contributed by atoms with Crippen LogP contribution in [0.2, 0.25) is 0 Å². The van der Waals surface area contributed by atoms with Gasteiger partial charge in [0.15, 0.2) is 11.6 Å². The predicted molar refractivity (Wildman–Crippen MR) is 131 cm³/mol. The van der Waals surface area contributed by atoms with Gasteiger partial charge in [-0.3, -0.25) is 14.4 Å². The number of rotatable bonds is 4. The van der Waals surface area contributed by atoms with Crippen LogP contribution in [0.15, 0.2) is 71.6 Å². The minimum atomic E-state index is -3.60. The number of piperidine rings is 1. The third kappa shape index (κ3) is 4.19. The molecule has 5 rings (SSSR count). The SMILES string of the molecule is CC1CCN(S(=O)(=O)c2ccc(C(=O)Nc3ccc4c(c3)C(=O)c3ccccc3C4=O)cc2)CC1. The molecule has 0 spiro atoms. The smallest absolute Gasteiger partial charge is 0.255 e. The van der Waals surface area contributed by atoms with Crippen molar-refractivity contribution in [2.75, 3.05) is 18.4 Å². The first-order chi connectivity index (χ1) is 16.8. The Kier molecular flexibility index (Phi) is 5.86. The lowest BCUT2D eigenvalue weighted by Crippen LogP contribution is -2.37. The van der Waals surface area contributed by atoms with Crippen LogP contribution in [0.25, 0.3) is 0 Å². The number of benzene rings is 3. The van der Waals surface area contributed by atoms with Crippen molar-refractivity contribution in [2.45, 2.75) is 24.7 Å². The first-order valence-electron chi connectivity index (χ1n) is 11.5. The lowest BCUT2D eigenvalue weighted by molar-refractivity contribution is 0.0979. The second kappa shape index (κ2) is 8.87. The number of sulfonamides is 1. The zero-order valence-electron chi connectivity index (χ0n) is 19.2. The van der Waals surface area contributed by atoms with Crippen LogP contribution >= 0.6 is 0 Å². The number of nitrogens with one attached hydrogen (secondary N) is 1. The minimum absolute atomic E-state index is 0.153. The van der Waals surface area contributed by atoms with Gasteiger partial charge in [0.05, 0.1) is 4.90 Å². The minimum Gasteiger partial charge on any atom is -0.322 e. The van der Waals surface area contributed by atoms with Gasteiger partial charge < -0.3 is 5.32 Å². The Hall–Kier alpha value is -3.62. The zero-order valence-corrected chi connectivity index (χ0v) is 20.0. The van der Waals surface area contributed by atoms with E-state index in [2.05, 4.69) is 12.2 Å². The molecule has 1 heterocycles. The third-order valence-electron chi connectivity index (χ3n) is 6.68. The van der Waals surface area contributed by atoms with E-state index < -0.39 is 15.9 Å². The molecule has 1 amide bonds. The fraction of sp³-hybridized carbons (Fsp3) is 0.222. The maximum absolute atomic E-state index is 12.9. The van der Waals surface area contributed by atoms with Crippen LogP contribution in [-0.2, 0) is 10.0 Å². The molecule has 0 atom stereocenters. The number of nitrogens with zero attached hydrogens (tertiary/aromatic N) is 1. The summed E-state index contributed by atoms with van der Waals surface area (Å²) in [5, 5.41) is 2.73. The highest BCUT2D eigenvalue weighted by molar-refractivity contribution is 7.89. The summed E-state index contributed by atoms with van der Waals surface area (Å²) in [4.78, 5) is 38.6. The molecule has 8 heteroatoms. The molecule has 178 valence electrons. The summed E-state index contributed by atoms with van der Waals surface area (Å²) in [5.41, 5.74) is 1.90. The number of hydrogen-bond donors (Lipinski definition) is 1. The van der Waals surface area contributed by atoms with Gasteiger partial charge in [-0.15, -0.1) is 0 Å². The lowest BCUT2D eigenvalue weighted by Gasteiger charge is -2.29. The van der Waals surface area contributed by atoms with Gasteiger partial charge in [0, 0.05) is 46.6 Å². The summed E-state index contributed by atoms with van der Waals surface area (Å²) >= 11 is 0. The van der Waals surface area contributed by atoms with Gasteiger partial charge in [0.2, 0.25) is 10.0 Å². The maximum atomic E-state index is 12.9. The van der Waals surface area contributed by atoms with Crippen LogP contribution in [0.3, 0.4) is 0 Å². The summed E-state index contributed by atoms with van der Waals surface area (Å²) in [6.45, 7) is 3.11. The molecule has 0 bridgehead atoms.